The highest BCUT2D eigenvalue weighted by molar-refractivity contribution is 5.89. The number of likely N-dealkylation sites (tertiary alicyclic amines) is 1. The Balaban J connectivity index is 1.57. The van der Waals surface area contributed by atoms with Gasteiger partial charge in [0.05, 0.1) is 12.5 Å². The van der Waals surface area contributed by atoms with Gasteiger partial charge >= 0.3 is 0 Å². The summed E-state index contributed by atoms with van der Waals surface area (Å²) >= 11 is 0. The Kier molecular flexibility index (Phi) is 5.68. The number of rotatable bonds is 7. The van der Waals surface area contributed by atoms with Crippen LogP contribution in [-0.4, -0.2) is 53.1 Å². The van der Waals surface area contributed by atoms with Gasteiger partial charge in [0.1, 0.15) is 5.82 Å². The van der Waals surface area contributed by atoms with Crippen LogP contribution < -0.4 is 5.32 Å². The van der Waals surface area contributed by atoms with Gasteiger partial charge in [0.15, 0.2) is 0 Å². The van der Waals surface area contributed by atoms with Crippen LogP contribution in [0.3, 0.4) is 0 Å². The van der Waals surface area contributed by atoms with Crippen LogP contribution in [0.5, 0.6) is 0 Å². The summed E-state index contributed by atoms with van der Waals surface area (Å²) in [6, 6.07) is 7.94. The van der Waals surface area contributed by atoms with Gasteiger partial charge in [-0.1, -0.05) is 18.2 Å². The molecule has 138 valence electrons. The van der Waals surface area contributed by atoms with Crippen LogP contribution in [0.1, 0.15) is 12.0 Å². The van der Waals surface area contributed by atoms with E-state index in [4.69, 9.17) is 4.74 Å². The minimum absolute atomic E-state index is 0.0129. The monoisotopic (exact) mass is 356 g/mol. The van der Waals surface area contributed by atoms with E-state index in [9.17, 15) is 9.59 Å². The van der Waals surface area contributed by atoms with Crippen molar-refractivity contribution in [3.63, 3.8) is 0 Å². The highest BCUT2D eigenvalue weighted by atomic mass is 16.5. The highest BCUT2D eigenvalue weighted by Crippen LogP contribution is 2.19. The summed E-state index contributed by atoms with van der Waals surface area (Å²) in [4.78, 5) is 30.4. The Morgan fingerprint density at radius 3 is 3.00 bits per heavy atom. The first-order valence-corrected chi connectivity index (χ1v) is 8.69. The molecule has 2 heterocycles. The highest BCUT2D eigenvalue weighted by Gasteiger charge is 2.33. The molecule has 7 nitrogen and oxygen atoms in total. The molecule has 7 heteroatoms. The maximum absolute atomic E-state index is 12.4. The summed E-state index contributed by atoms with van der Waals surface area (Å²) in [7, 11) is 3.55. The average molecular weight is 356 g/mol. The predicted octanol–water partition coefficient (Wildman–Crippen LogP) is 1.20. The van der Waals surface area contributed by atoms with Gasteiger partial charge in [0.2, 0.25) is 11.8 Å². The smallest absolute Gasteiger partial charge is 0.225 e. The predicted molar refractivity (Wildman–Crippen MR) is 97.1 cm³/mol. The number of imidazole rings is 1. The van der Waals surface area contributed by atoms with Crippen molar-refractivity contribution in [3.8, 4) is 11.4 Å². The molecule has 0 aliphatic carbocycles. The lowest BCUT2D eigenvalue weighted by atomic mass is 10.1. The second kappa shape index (κ2) is 8.14. The number of carbonyl (C=O) groups is 2. The maximum Gasteiger partial charge on any atom is 0.225 e. The summed E-state index contributed by atoms with van der Waals surface area (Å²) in [6.07, 6.45) is 3.93. The molecule has 1 unspecified atom stereocenters. The van der Waals surface area contributed by atoms with Crippen LogP contribution >= 0.6 is 0 Å². The van der Waals surface area contributed by atoms with Crippen LogP contribution in [0.4, 0.5) is 0 Å². The first kappa shape index (κ1) is 18.1. The van der Waals surface area contributed by atoms with Gasteiger partial charge in [-0.25, -0.2) is 4.98 Å². The van der Waals surface area contributed by atoms with Crippen LogP contribution in [0.15, 0.2) is 36.7 Å². The van der Waals surface area contributed by atoms with Gasteiger partial charge in [-0.15, -0.1) is 0 Å². The molecule has 1 aliphatic rings. The molecule has 1 aliphatic heterocycles. The van der Waals surface area contributed by atoms with Crippen LogP contribution in [0.25, 0.3) is 11.4 Å². The Hall–Kier alpha value is -2.67. The number of nitrogens with zero attached hydrogens (tertiary/aromatic N) is 3. The molecule has 2 aromatic rings. The average Bonchev–Trinajstić information content (AvgIpc) is 3.24. The van der Waals surface area contributed by atoms with Gasteiger partial charge in [-0.3, -0.25) is 9.59 Å². The van der Waals surface area contributed by atoms with Crippen molar-refractivity contribution in [2.75, 3.05) is 26.8 Å². The lowest BCUT2D eigenvalue weighted by Gasteiger charge is -2.16. The zero-order chi connectivity index (χ0) is 18.5. The van der Waals surface area contributed by atoms with Gasteiger partial charge in [-0.2, -0.15) is 0 Å². The van der Waals surface area contributed by atoms with Crippen molar-refractivity contribution in [1.82, 2.24) is 19.8 Å². The van der Waals surface area contributed by atoms with Gasteiger partial charge in [0, 0.05) is 58.2 Å². The largest absolute Gasteiger partial charge is 0.383 e. The normalized spacial score (nSPS) is 16.9. The molecule has 0 bridgehead atoms. The molecule has 1 aromatic carbocycles. The number of hydrogen-bond donors (Lipinski definition) is 1. The van der Waals surface area contributed by atoms with Crippen LogP contribution in [0.2, 0.25) is 0 Å². The van der Waals surface area contributed by atoms with E-state index >= 15 is 0 Å². The van der Waals surface area contributed by atoms with Crippen LogP contribution in [-0.2, 0) is 27.9 Å². The molecular formula is C19H24N4O3. The van der Waals surface area contributed by atoms with Crippen molar-refractivity contribution < 1.29 is 14.3 Å². The zero-order valence-corrected chi connectivity index (χ0v) is 15.1. The number of methoxy groups -OCH3 is 1. The Labute approximate surface area is 153 Å². The third kappa shape index (κ3) is 4.11. The number of aryl methyl sites for hydroxylation is 1. The zero-order valence-electron chi connectivity index (χ0n) is 15.1. The van der Waals surface area contributed by atoms with E-state index in [0.717, 1.165) is 17.0 Å². The third-order valence-corrected chi connectivity index (χ3v) is 4.62. The fourth-order valence-electron chi connectivity index (χ4n) is 3.16. The number of nitrogens with one attached hydrogen (secondary N) is 1. The SMILES string of the molecule is COCCN1CC(C(=O)NCc2cccc(-c3nccn3C)c2)CC1=O. The Bertz CT molecular complexity index is 787. The molecule has 1 saturated heterocycles. The number of aromatic nitrogens is 2. The molecule has 26 heavy (non-hydrogen) atoms. The fraction of sp³-hybridized carbons (Fsp3) is 0.421. The number of hydrogen-bond acceptors (Lipinski definition) is 4. The van der Waals surface area contributed by atoms with Gasteiger partial charge < -0.3 is 19.5 Å². The van der Waals surface area contributed by atoms with Crippen molar-refractivity contribution in [2.45, 2.75) is 13.0 Å². The third-order valence-electron chi connectivity index (χ3n) is 4.62. The lowest BCUT2D eigenvalue weighted by Crippen LogP contribution is -2.33. The summed E-state index contributed by atoms with van der Waals surface area (Å²) in [6.45, 7) is 1.91. The minimum atomic E-state index is -0.294. The van der Waals surface area contributed by atoms with Crippen molar-refractivity contribution in [2.24, 2.45) is 13.0 Å². The van der Waals surface area contributed by atoms with E-state index in [1.807, 2.05) is 42.1 Å². The van der Waals surface area contributed by atoms with E-state index in [-0.39, 0.29) is 24.2 Å². The van der Waals surface area contributed by atoms with E-state index < -0.39 is 0 Å². The van der Waals surface area contributed by atoms with E-state index in [0.29, 0.717) is 26.2 Å². The van der Waals surface area contributed by atoms with Crippen molar-refractivity contribution in [3.05, 3.63) is 42.2 Å². The molecule has 0 saturated carbocycles. The van der Waals surface area contributed by atoms with E-state index in [1.165, 1.54) is 0 Å². The van der Waals surface area contributed by atoms with E-state index in [1.54, 1.807) is 18.2 Å². The van der Waals surface area contributed by atoms with Crippen molar-refractivity contribution >= 4 is 11.8 Å². The number of carbonyl (C=O) groups excluding carboxylic acids is 2. The summed E-state index contributed by atoms with van der Waals surface area (Å²) in [5.74, 6) is 0.519. The van der Waals surface area contributed by atoms with Gasteiger partial charge in [-0.05, 0) is 11.6 Å². The topological polar surface area (TPSA) is 76.5 Å². The molecular weight excluding hydrogens is 332 g/mol. The molecule has 1 atom stereocenters. The molecule has 0 spiro atoms. The quantitative estimate of drug-likeness (QED) is 0.809. The first-order valence-electron chi connectivity index (χ1n) is 8.69. The van der Waals surface area contributed by atoms with Gasteiger partial charge in [0.25, 0.3) is 0 Å². The summed E-state index contributed by atoms with van der Waals surface area (Å²) < 4.78 is 6.96. The summed E-state index contributed by atoms with van der Waals surface area (Å²) in [5, 5.41) is 2.95. The first-order chi connectivity index (χ1) is 12.6. The summed E-state index contributed by atoms with van der Waals surface area (Å²) in [5.41, 5.74) is 2.01. The van der Waals surface area contributed by atoms with Crippen LogP contribution in [0, 0.1) is 5.92 Å². The number of amides is 2. The Morgan fingerprint density at radius 2 is 2.27 bits per heavy atom. The second-order valence-electron chi connectivity index (χ2n) is 6.51. The Morgan fingerprint density at radius 1 is 1.42 bits per heavy atom. The molecule has 3 rings (SSSR count). The second-order valence-corrected chi connectivity index (χ2v) is 6.51. The number of ether oxygens (including phenoxy) is 1. The molecule has 1 N–H and O–H groups in total. The fourth-order valence-corrected chi connectivity index (χ4v) is 3.16. The standard InChI is InChI=1S/C19H24N4O3/c1-22-7-6-20-18(22)15-5-3-4-14(10-15)12-21-19(25)16-11-17(24)23(13-16)8-9-26-2/h3-7,10,16H,8-9,11-13H2,1-2H3,(H,21,25). The maximum atomic E-state index is 12.4. The molecule has 0 radical (unpaired) electrons. The minimum Gasteiger partial charge on any atom is -0.383 e. The van der Waals surface area contributed by atoms with E-state index in [2.05, 4.69) is 10.3 Å². The lowest BCUT2D eigenvalue weighted by molar-refractivity contribution is -0.129. The molecule has 1 aromatic heterocycles. The van der Waals surface area contributed by atoms with Crippen molar-refractivity contribution in [1.29, 1.82) is 0 Å². The molecule has 2 amide bonds. The number of benzene rings is 1. The molecule has 1 fully saturated rings.